The molecule has 0 aliphatic heterocycles. The third-order valence-electron chi connectivity index (χ3n) is 4.90. The Labute approximate surface area is 162 Å². The quantitative estimate of drug-likeness (QED) is 0.468. The normalized spacial score (nSPS) is 10.9. The molecule has 0 bridgehead atoms. The lowest BCUT2D eigenvalue weighted by molar-refractivity contribution is 0.0694. The zero-order chi connectivity index (χ0) is 19.7. The molecule has 0 amide bonds. The molecule has 4 aromatic rings. The molecule has 0 aliphatic rings. The summed E-state index contributed by atoms with van der Waals surface area (Å²) in [5.74, 6) is -1.39. The van der Waals surface area contributed by atoms with Crippen LogP contribution in [0.4, 0.5) is 5.69 Å². The largest absolute Gasteiger partial charge is 0.507 e. The molecule has 0 radical (unpaired) electrons. The summed E-state index contributed by atoms with van der Waals surface area (Å²) in [5, 5.41) is 23.2. The molecule has 0 saturated heterocycles. The van der Waals surface area contributed by atoms with Gasteiger partial charge in [0.15, 0.2) is 0 Å². The van der Waals surface area contributed by atoms with Gasteiger partial charge in [0.1, 0.15) is 11.3 Å². The van der Waals surface area contributed by atoms with Crippen LogP contribution < -0.4 is 5.32 Å². The Balaban J connectivity index is 1.47. The molecule has 0 atom stereocenters. The van der Waals surface area contributed by atoms with Crippen molar-refractivity contribution >= 4 is 22.6 Å². The number of carboxylic acid groups (broad SMARTS) is 1. The van der Waals surface area contributed by atoms with E-state index in [0.29, 0.717) is 12.2 Å². The van der Waals surface area contributed by atoms with E-state index in [1.165, 1.54) is 28.6 Å². The Kier molecular flexibility index (Phi) is 4.49. The molecule has 1 aromatic heterocycles. The van der Waals surface area contributed by atoms with Crippen molar-refractivity contribution in [2.45, 2.75) is 6.54 Å². The van der Waals surface area contributed by atoms with Crippen molar-refractivity contribution in [2.24, 2.45) is 7.05 Å². The summed E-state index contributed by atoms with van der Waals surface area (Å²) in [6.07, 6.45) is 2.06. The Morgan fingerprint density at radius 1 is 0.964 bits per heavy atom. The summed E-state index contributed by atoms with van der Waals surface area (Å²) in [7, 11) is 2.04. The fourth-order valence-corrected chi connectivity index (χ4v) is 3.30. The Morgan fingerprint density at radius 3 is 2.43 bits per heavy atom. The van der Waals surface area contributed by atoms with E-state index in [1.54, 1.807) is 6.07 Å². The summed E-state index contributed by atoms with van der Waals surface area (Å²) in [6, 6.07) is 21.3. The van der Waals surface area contributed by atoms with Crippen molar-refractivity contribution in [2.75, 3.05) is 5.32 Å². The van der Waals surface area contributed by atoms with Gasteiger partial charge in [-0.1, -0.05) is 30.3 Å². The van der Waals surface area contributed by atoms with Gasteiger partial charge < -0.3 is 20.1 Å². The number of anilines is 1. The highest BCUT2D eigenvalue weighted by molar-refractivity contribution is 5.91. The lowest BCUT2D eigenvalue weighted by atomic mass is 10.0. The maximum Gasteiger partial charge on any atom is 0.339 e. The molecule has 0 saturated carbocycles. The zero-order valence-electron chi connectivity index (χ0n) is 15.4. The molecule has 0 unspecified atom stereocenters. The first-order valence-corrected chi connectivity index (χ1v) is 8.96. The van der Waals surface area contributed by atoms with Crippen LogP contribution in [0.25, 0.3) is 22.0 Å². The van der Waals surface area contributed by atoms with E-state index in [9.17, 15) is 9.90 Å². The van der Waals surface area contributed by atoms with Crippen LogP contribution in [0.1, 0.15) is 15.9 Å². The molecule has 3 N–H and O–H groups in total. The summed E-state index contributed by atoms with van der Waals surface area (Å²) in [5.41, 5.74) is 5.19. The molecule has 3 aromatic carbocycles. The van der Waals surface area contributed by atoms with Crippen molar-refractivity contribution in [3.63, 3.8) is 0 Å². The van der Waals surface area contributed by atoms with Gasteiger partial charge in [0.25, 0.3) is 0 Å². The molecule has 0 aliphatic carbocycles. The zero-order valence-corrected chi connectivity index (χ0v) is 15.4. The fraction of sp³-hybridized carbons (Fsp3) is 0.0870. The van der Waals surface area contributed by atoms with E-state index in [-0.39, 0.29) is 11.3 Å². The first-order chi connectivity index (χ1) is 13.5. The van der Waals surface area contributed by atoms with E-state index in [2.05, 4.69) is 64.6 Å². The molecular weight excluding hydrogens is 352 g/mol. The number of aromatic hydroxyl groups is 1. The second-order valence-corrected chi connectivity index (χ2v) is 6.79. The van der Waals surface area contributed by atoms with Crippen LogP contribution in [-0.2, 0) is 13.6 Å². The van der Waals surface area contributed by atoms with Crippen molar-refractivity contribution in [3.05, 3.63) is 84.1 Å². The first kappa shape index (κ1) is 17.7. The minimum absolute atomic E-state index is 0.106. The number of aromatic carboxylic acids is 1. The third kappa shape index (κ3) is 3.42. The number of phenols is 1. The van der Waals surface area contributed by atoms with Gasteiger partial charge in [0.2, 0.25) is 0 Å². The predicted molar refractivity (Wildman–Crippen MR) is 111 cm³/mol. The highest BCUT2D eigenvalue weighted by Crippen LogP contribution is 2.26. The average molecular weight is 372 g/mol. The number of nitrogens with one attached hydrogen (secondary N) is 1. The SMILES string of the molecule is Cn1ccc2cc(-c3ccc(CNc4ccc(C(=O)O)c(O)c4)cc3)ccc21. The predicted octanol–water partition coefficient (Wildman–Crippen LogP) is 4.86. The number of hydrogen-bond donors (Lipinski definition) is 3. The molecule has 1 heterocycles. The van der Waals surface area contributed by atoms with E-state index in [1.807, 2.05) is 7.05 Å². The third-order valence-corrected chi connectivity index (χ3v) is 4.90. The van der Waals surface area contributed by atoms with Crippen molar-refractivity contribution in [1.29, 1.82) is 0 Å². The smallest absolute Gasteiger partial charge is 0.339 e. The molecule has 140 valence electrons. The minimum Gasteiger partial charge on any atom is -0.507 e. The van der Waals surface area contributed by atoms with Gasteiger partial charge in [-0.2, -0.15) is 0 Å². The molecule has 28 heavy (non-hydrogen) atoms. The molecule has 0 fully saturated rings. The Morgan fingerprint density at radius 2 is 1.71 bits per heavy atom. The number of carbonyl (C=O) groups is 1. The lowest BCUT2D eigenvalue weighted by Crippen LogP contribution is -2.01. The Hall–Kier alpha value is -3.73. The van der Waals surface area contributed by atoms with Gasteiger partial charge in [-0.05, 0) is 47.0 Å². The summed E-state index contributed by atoms with van der Waals surface area (Å²) in [4.78, 5) is 11.0. The lowest BCUT2D eigenvalue weighted by Gasteiger charge is -2.09. The molecular formula is C23H20N2O3. The average Bonchev–Trinajstić information content (AvgIpc) is 3.07. The van der Waals surface area contributed by atoms with Crippen LogP contribution in [0.2, 0.25) is 0 Å². The topological polar surface area (TPSA) is 74.5 Å². The van der Waals surface area contributed by atoms with E-state index in [4.69, 9.17) is 5.11 Å². The monoisotopic (exact) mass is 372 g/mol. The molecule has 4 rings (SSSR count). The maximum absolute atomic E-state index is 11.0. The number of benzene rings is 3. The first-order valence-electron chi connectivity index (χ1n) is 8.96. The van der Waals surface area contributed by atoms with Crippen molar-refractivity contribution in [3.8, 4) is 16.9 Å². The van der Waals surface area contributed by atoms with Gasteiger partial charge in [-0.3, -0.25) is 0 Å². The summed E-state index contributed by atoms with van der Waals surface area (Å²) < 4.78 is 2.11. The standard InChI is InChI=1S/C23H20N2O3/c1-25-11-10-18-12-17(6-9-21(18)25)16-4-2-15(3-5-16)14-24-19-7-8-20(23(27)28)22(26)13-19/h2-13,24,26H,14H2,1H3,(H,27,28). The minimum atomic E-state index is -1.15. The number of rotatable bonds is 5. The number of aryl methyl sites for hydroxylation is 1. The summed E-state index contributed by atoms with van der Waals surface area (Å²) in [6.45, 7) is 0.573. The molecule has 5 nitrogen and oxygen atoms in total. The van der Waals surface area contributed by atoms with Gasteiger partial charge in [-0.25, -0.2) is 4.79 Å². The summed E-state index contributed by atoms with van der Waals surface area (Å²) >= 11 is 0. The van der Waals surface area contributed by atoms with Crippen LogP contribution in [0.3, 0.4) is 0 Å². The maximum atomic E-state index is 11.0. The van der Waals surface area contributed by atoms with Crippen LogP contribution in [0.15, 0.2) is 72.9 Å². The highest BCUT2D eigenvalue weighted by Gasteiger charge is 2.09. The number of fused-ring (bicyclic) bond motifs is 1. The molecule has 5 heteroatoms. The van der Waals surface area contributed by atoms with Crippen LogP contribution in [0, 0.1) is 0 Å². The van der Waals surface area contributed by atoms with Crippen LogP contribution in [0.5, 0.6) is 5.75 Å². The highest BCUT2D eigenvalue weighted by atomic mass is 16.4. The Bertz CT molecular complexity index is 1160. The number of nitrogens with zero attached hydrogens (tertiary/aromatic N) is 1. The van der Waals surface area contributed by atoms with Gasteiger partial charge in [0, 0.05) is 42.4 Å². The van der Waals surface area contributed by atoms with E-state index in [0.717, 1.165) is 11.1 Å². The van der Waals surface area contributed by atoms with Crippen molar-refractivity contribution < 1.29 is 15.0 Å². The van der Waals surface area contributed by atoms with E-state index < -0.39 is 5.97 Å². The van der Waals surface area contributed by atoms with Crippen LogP contribution >= 0.6 is 0 Å². The fourth-order valence-electron chi connectivity index (χ4n) is 3.30. The molecule has 0 spiro atoms. The second kappa shape index (κ2) is 7.12. The van der Waals surface area contributed by atoms with Crippen LogP contribution in [-0.4, -0.2) is 20.7 Å². The second-order valence-electron chi connectivity index (χ2n) is 6.79. The van der Waals surface area contributed by atoms with Gasteiger partial charge >= 0.3 is 5.97 Å². The number of hydrogen-bond acceptors (Lipinski definition) is 3. The van der Waals surface area contributed by atoms with Gasteiger partial charge in [-0.15, -0.1) is 0 Å². The number of carboxylic acids is 1. The van der Waals surface area contributed by atoms with E-state index >= 15 is 0 Å². The van der Waals surface area contributed by atoms with Gasteiger partial charge in [0.05, 0.1) is 0 Å². The van der Waals surface area contributed by atoms with Crippen molar-refractivity contribution in [1.82, 2.24) is 4.57 Å². The number of aromatic nitrogens is 1.